The van der Waals surface area contributed by atoms with Crippen molar-refractivity contribution in [2.24, 2.45) is 0 Å². The highest BCUT2D eigenvalue weighted by atomic mass is 16.7. The lowest BCUT2D eigenvalue weighted by Crippen LogP contribution is -2.60. The molecule has 0 radical (unpaired) electrons. The normalized spacial score (nSPS) is 31.3. The zero-order valence-corrected chi connectivity index (χ0v) is 21.3. The molecule has 1 saturated heterocycles. The monoisotopic (exact) mass is 590 g/mol. The van der Waals surface area contributed by atoms with Gasteiger partial charge in [0.15, 0.2) is 23.4 Å². The molecule has 0 aromatic heterocycles. The van der Waals surface area contributed by atoms with E-state index in [0.29, 0.717) is 0 Å². The van der Waals surface area contributed by atoms with Crippen LogP contribution in [0.4, 0.5) is 0 Å². The van der Waals surface area contributed by atoms with Gasteiger partial charge in [-0.2, -0.15) is 0 Å². The molecule has 6 rings (SSSR count). The number of ether oxygens (including phenoxy) is 4. The third-order valence-corrected chi connectivity index (χ3v) is 7.60. The number of hydrogen-bond acceptors (Lipinski definition) is 15. The minimum Gasteiger partial charge on any atom is -0.508 e. The van der Waals surface area contributed by atoms with Gasteiger partial charge in [-0.1, -0.05) is 0 Å². The number of phenols is 6. The second-order valence-corrected chi connectivity index (χ2v) is 10.2. The Morgan fingerprint density at radius 3 is 2.05 bits per heavy atom. The van der Waals surface area contributed by atoms with E-state index >= 15 is 0 Å². The van der Waals surface area contributed by atoms with Gasteiger partial charge in [0.25, 0.3) is 5.79 Å². The van der Waals surface area contributed by atoms with E-state index in [1.54, 1.807) is 0 Å². The summed E-state index contributed by atoms with van der Waals surface area (Å²) in [5.41, 5.74) is -0.268. The third-order valence-electron chi connectivity index (χ3n) is 7.60. The molecule has 1 fully saturated rings. The molecule has 15 nitrogen and oxygen atoms in total. The van der Waals surface area contributed by atoms with E-state index in [0.717, 1.165) is 36.4 Å². The lowest BCUT2D eigenvalue weighted by Gasteiger charge is -2.43. The fourth-order valence-electron chi connectivity index (χ4n) is 5.59. The number of aromatic hydroxyl groups is 6. The summed E-state index contributed by atoms with van der Waals surface area (Å²) >= 11 is 0. The Kier molecular flexibility index (Phi) is 6.34. The molecule has 3 aromatic rings. The van der Waals surface area contributed by atoms with Crippen molar-refractivity contribution in [1.29, 1.82) is 0 Å². The molecule has 15 heteroatoms. The van der Waals surface area contributed by atoms with Crippen molar-refractivity contribution in [3.63, 3.8) is 0 Å². The summed E-state index contributed by atoms with van der Waals surface area (Å²) in [6.07, 6.45) is -9.87. The highest BCUT2D eigenvalue weighted by molar-refractivity contribution is 5.65. The second-order valence-electron chi connectivity index (χ2n) is 10.2. The van der Waals surface area contributed by atoms with Crippen molar-refractivity contribution in [1.82, 2.24) is 0 Å². The molecule has 0 unspecified atom stereocenters. The van der Waals surface area contributed by atoms with Crippen molar-refractivity contribution in [2.75, 3.05) is 6.61 Å². The van der Waals surface area contributed by atoms with Crippen LogP contribution in [0.25, 0.3) is 0 Å². The van der Waals surface area contributed by atoms with Crippen LogP contribution in [0.3, 0.4) is 0 Å². The van der Waals surface area contributed by atoms with Gasteiger partial charge in [0.1, 0.15) is 58.9 Å². The van der Waals surface area contributed by atoms with Crippen molar-refractivity contribution in [3.8, 4) is 51.7 Å². The van der Waals surface area contributed by atoms with Crippen LogP contribution in [-0.4, -0.2) is 99.6 Å². The number of rotatable bonds is 4. The number of aliphatic hydroxyl groups is 5. The standard InChI is InChI=1S/C27H26O15/c28-7-17-22(35)23(36)24(37)26(41-17)40-15-5-10(30)6-16-19(15)20-18-11(31)3-9(29)4-14(18)39-25(20)27(38,42-16)8-1-12(32)21(34)13(33)2-8/h1-6,17,20,22-26,28-38H,7H2/t17-,20+,22-,23+,24-,25+,26-,27-/m1/s1. The molecular weight excluding hydrogens is 564 g/mol. The predicted octanol–water partition coefficient (Wildman–Crippen LogP) is -0.770. The van der Waals surface area contributed by atoms with Crippen LogP contribution in [0.5, 0.6) is 51.7 Å². The molecule has 0 bridgehead atoms. The summed E-state index contributed by atoms with van der Waals surface area (Å²) in [6.45, 7) is -0.741. The topological polar surface area (TPSA) is 259 Å². The van der Waals surface area contributed by atoms with E-state index in [2.05, 4.69) is 0 Å². The zero-order valence-electron chi connectivity index (χ0n) is 21.3. The molecule has 3 aliphatic heterocycles. The molecule has 0 spiro atoms. The molecule has 224 valence electrons. The van der Waals surface area contributed by atoms with Crippen molar-refractivity contribution < 1.29 is 75.1 Å². The smallest absolute Gasteiger partial charge is 0.273 e. The molecule has 11 N–H and O–H groups in total. The minimum absolute atomic E-state index is 0.0198. The molecule has 42 heavy (non-hydrogen) atoms. The Labute approximate surface area is 235 Å². The van der Waals surface area contributed by atoms with Gasteiger partial charge in [0, 0.05) is 41.0 Å². The van der Waals surface area contributed by atoms with E-state index in [9.17, 15) is 56.2 Å². The summed E-state index contributed by atoms with van der Waals surface area (Å²) < 4.78 is 23.1. The number of benzene rings is 3. The van der Waals surface area contributed by atoms with Gasteiger partial charge < -0.3 is 75.1 Å². The van der Waals surface area contributed by atoms with E-state index in [4.69, 9.17) is 18.9 Å². The fourth-order valence-corrected chi connectivity index (χ4v) is 5.59. The average molecular weight is 590 g/mol. The van der Waals surface area contributed by atoms with E-state index in [1.807, 2.05) is 0 Å². The number of phenolic OH excluding ortho intramolecular Hbond substituents is 6. The first-order valence-electron chi connectivity index (χ1n) is 12.6. The molecule has 0 aliphatic carbocycles. The molecule has 0 saturated carbocycles. The van der Waals surface area contributed by atoms with Crippen LogP contribution in [0, 0.1) is 0 Å². The molecule has 0 amide bonds. The molecule has 8 atom stereocenters. The van der Waals surface area contributed by atoms with Gasteiger partial charge in [-0.15, -0.1) is 0 Å². The highest BCUT2D eigenvalue weighted by Crippen LogP contribution is 2.60. The molecule has 3 aliphatic rings. The summed E-state index contributed by atoms with van der Waals surface area (Å²) in [5.74, 6) is -8.30. The van der Waals surface area contributed by atoms with Gasteiger partial charge >= 0.3 is 0 Å². The predicted molar refractivity (Wildman–Crippen MR) is 134 cm³/mol. The summed E-state index contributed by atoms with van der Waals surface area (Å²) in [7, 11) is 0. The largest absolute Gasteiger partial charge is 0.508 e. The third kappa shape index (κ3) is 4.05. The van der Waals surface area contributed by atoms with Crippen LogP contribution in [-0.2, 0) is 10.5 Å². The fraction of sp³-hybridized carbons (Fsp3) is 0.333. The first kappa shape index (κ1) is 27.8. The Morgan fingerprint density at radius 2 is 1.38 bits per heavy atom. The van der Waals surface area contributed by atoms with E-state index < -0.39 is 89.6 Å². The zero-order chi connectivity index (χ0) is 30.2. The van der Waals surface area contributed by atoms with Crippen molar-refractivity contribution >= 4 is 0 Å². The number of fused-ring (bicyclic) bond motifs is 5. The quantitative estimate of drug-likeness (QED) is 0.167. The van der Waals surface area contributed by atoms with E-state index in [1.165, 1.54) is 0 Å². The number of aliphatic hydroxyl groups excluding tert-OH is 4. The first-order chi connectivity index (χ1) is 19.8. The van der Waals surface area contributed by atoms with Crippen LogP contribution >= 0.6 is 0 Å². The van der Waals surface area contributed by atoms with Gasteiger partial charge in [-0.25, -0.2) is 0 Å². The maximum atomic E-state index is 11.9. The molecule has 3 aromatic carbocycles. The Balaban J connectivity index is 1.53. The SMILES string of the molecule is OC[C@H]1O[C@@H](Oc2cc(O)cc3c2[C@@H]2c4c(O)cc(O)cc4O[C@@H]2[C@@](O)(c2cc(O)c(O)c(O)c2)O3)[C@H](O)[C@@H](O)[C@@H]1O. The van der Waals surface area contributed by atoms with Gasteiger partial charge in [0.2, 0.25) is 6.29 Å². The second kappa shape index (κ2) is 9.59. The summed E-state index contributed by atoms with van der Waals surface area (Å²) in [5, 5.41) is 114. The highest BCUT2D eigenvalue weighted by Gasteiger charge is 2.59. The maximum absolute atomic E-state index is 11.9. The van der Waals surface area contributed by atoms with Gasteiger partial charge in [0.05, 0.1) is 12.5 Å². The van der Waals surface area contributed by atoms with Gasteiger partial charge in [-0.3, -0.25) is 0 Å². The van der Waals surface area contributed by atoms with Crippen LogP contribution in [0.1, 0.15) is 22.6 Å². The van der Waals surface area contributed by atoms with Crippen LogP contribution in [0.15, 0.2) is 36.4 Å². The van der Waals surface area contributed by atoms with E-state index in [-0.39, 0.29) is 33.9 Å². The van der Waals surface area contributed by atoms with Crippen molar-refractivity contribution in [3.05, 3.63) is 53.1 Å². The molecular formula is C27H26O15. The lowest BCUT2D eigenvalue weighted by molar-refractivity contribution is -0.277. The summed E-state index contributed by atoms with van der Waals surface area (Å²) in [4.78, 5) is 0. The average Bonchev–Trinajstić information content (AvgIpc) is 3.32. The van der Waals surface area contributed by atoms with Crippen LogP contribution < -0.4 is 14.2 Å². The Morgan fingerprint density at radius 1 is 0.738 bits per heavy atom. The number of hydrogen-bond donors (Lipinski definition) is 11. The minimum atomic E-state index is -2.59. The van der Waals surface area contributed by atoms with Gasteiger partial charge in [-0.05, 0) is 12.1 Å². The first-order valence-corrected chi connectivity index (χ1v) is 12.6. The lowest BCUT2D eigenvalue weighted by atomic mass is 9.79. The Bertz CT molecular complexity index is 1530. The van der Waals surface area contributed by atoms with Crippen molar-refractivity contribution in [2.45, 2.75) is 48.5 Å². The van der Waals surface area contributed by atoms with Crippen LogP contribution in [0.2, 0.25) is 0 Å². The Hall–Kier alpha value is -4.38. The molecule has 3 heterocycles. The summed E-state index contributed by atoms with van der Waals surface area (Å²) in [6, 6.07) is 6.11. The maximum Gasteiger partial charge on any atom is 0.273 e.